The monoisotopic (exact) mass is 377 g/mol. The van der Waals surface area contributed by atoms with Gasteiger partial charge in [-0.25, -0.2) is 9.78 Å². The standard InChI is InChI=1S/C19H11ClF3NO2/c20-15-10-16(18(25)26)24-17-12(7-6-11-4-2-1-3-5-11)8-13(9-14(15)17)19(21,22)23/h1-10H,(H,25,26)/b7-6+. The van der Waals surface area contributed by atoms with E-state index in [1.165, 1.54) is 6.08 Å². The van der Waals surface area contributed by atoms with Gasteiger partial charge in [-0.15, -0.1) is 0 Å². The number of carbonyl (C=O) groups is 1. The number of fused-ring (bicyclic) bond motifs is 1. The molecular weight excluding hydrogens is 367 g/mol. The Morgan fingerprint density at radius 3 is 2.38 bits per heavy atom. The fourth-order valence-corrected chi connectivity index (χ4v) is 2.71. The van der Waals surface area contributed by atoms with E-state index in [-0.39, 0.29) is 27.2 Å². The van der Waals surface area contributed by atoms with Crippen molar-refractivity contribution in [3.63, 3.8) is 0 Å². The van der Waals surface area contributed by atoms with Gasteiger partial charge in [-0.2, -0.15) is 13.2 Å². The molecule has 1 heterocycles. The number of carboxylic acids is 1. The summed E-state index contributed by atoms with van der Waals surface area (Å²) in [5.74, 6) is -1.31. The lowest BCUT2D eigenvalue weighted by Crippen LogP contribution is -2.07. The second-order valence-electron chi connectivity index (χ2n) is 5.50. The average molecular weight is 378 g/mol. The van der Waals surface area contributed by atoms with Crippen LogP contribution < -0.4 is 0 Å². The van der Waals surface area contributed by atoms with Crippen molar-refractivity contribution < 1.29 is 23.1 Å². The highest BCUT2D eigenvalue weighted by Crippen LogP contribution is 2.36. The summed E-state index contributed by atoms with van der Waals surface area (Å²) in [7, 11) is 0. The maximum absolute atomic E-state index is 13.2. The Bertz CT molecular complexity index is 1010. The first-order valence-electron chi connectivity index (χ1n) is 7.43. The van der Waals surface area contributed by atoms with Gasteiger partial charge in [0.15, 0.2) is 0 Å². The zero-order chi connectivity index (χ0) is 18.9. The van der Waals surface area contributed by atoms with Crippen LogP contribution in [-0.4, -0.2) is 16.1 Å². The number of carboxylic acid groups (broad SMARTS) is 1. The predicted octanol–water partition coefficient (Wildman–Crippen LogP) is 5.78. The Balaban J connectivity index is 2.26. The molecule has 0 radical (unpaired) electrons. The molecule has 0 spiro atoms. The Labute approximate surface area is 151 Å². The van der Waals surface area contributed by atoms with Crippen LogP contribution in [0.25, 0.3) is 23.1 Å². The molecule has 0 aliphatic heterocycles. The second-order valence-corrected chi connectivity index (χ2v) is 5.91. The number of alkyl halides is 3. The lowest BCUT2D eigenvalue weighted by atomic mass is 10.0. The summed E-state index contributed by atoms with van der Waals surface area (Å²) in [5.41, 5.74) is -0.224. The molecule has 2 aromatic carbocycles. The van der Waals surface area contributed by atoms with Gasteiger partial charge in [0.25, 0.3) is 0 Å². The fraction of sp³-hybridized carbons (Fsp3) is 0.0526. The number of aromatic nitrogens is 1. The van der Waals surface area contributed by atoms with Gasteiger partial charge in [0.1, 0.15) is 5.69 Å². The second kappa shape index (κ2) is 6.80. The summed E-state index contributed by atoms with van der Waals surface area (Å²) >= 11 is 6.02. The number of hydrogen-bond acceptors (Lipinski definition) is 2. The Kier molecular flexibility index (Phi) is 4.70. The van der Waals surface area contributed by atoms with Crippen LogP contribution in [0.1, 0.15) is 27.2 Å². The molecule has 132 valence electrons. The Morgan fingerprint density at radius 1 is 1.08 bits per heavy atom. The molecule has 3 nitrogen and oxygen atoms in total. The molecule has 1 aromatic heterocycles. The van der Waals surface area contributed by atoms with Crippen molar-refractivity contribution in [3.8, 4) is 0 Å². The maximum atomic E-state index is 13.2. The highest BCUT2D eigenvalue weighted by atomic mass is 35.5. The molecule has 0 aliphatic carbocycles. The van der Waals surface area contributed by atoms with Crippen molar-refractivity contribution in [1.29, 1.82) is 0 Å². The van der Waals surface area contributed by atoms with Crippen LogP contribution in [-0.2, 0) is 6.18 Å². The van der Waals surface area contributed by atoms with Crippen LogP contribution >= 0.6 is 11.6 Å². The van der Waals surface area contributed by atoms with E-state index in [2.05, 4.69) is 4.98 Å². The van der Waals surface area contributed by atoms with Crippen molar-refractivity contribution >= 4 is 40.6 Å². The average Bonchev–Trinajstić information content (AvgIpc) is 2.59. The molecule has 3 rings (SSSR count). The molecule has 0 amide bonds. The molecule has 26 heavy (non-hydrogen) atoms. The van der Waals surface area contributed by atoms with Crippen LogP contribution in [0.4, 0.5) is 13.2 Å². The first-order chi connectivity index (χ1) is 12.3. The molecule has 3 aromatic rings. The normalized spacial score (nSPS) is 12.0. The number of benzene rings is 2. The zero-order valence-electron chi connectivity index (χ0n) is 13.1. The molecule has 0 aliphatic rings. The first-order valence-corrected chi connectivity index (χ1v) is 7.81. The summed E-state index contributed by atoms with van der Waals surface area (Å²) in [6.45, 7) is 0. The number of rotatable bonds is 3. The van der Waals surface area contributed by atoms with E-state index >= 15 is 0 Å². The molecule has 0 unspecified atom stereocenters. The quantitative estimate of drug-likeness (QED) is 0.589. The molecule has 0 saturated heterocycles. The molecular formula is C19H11ClF3NO2. The lowest BCUT2D eigenvalue weighted by Gasteiger charge is -2.12. The molecule has 7 heteroatoms. The van der Waals surface area contributed by atoms with Gasteiger partial charge >= 0.3 is 12.1 Å². The highest BCUT2D eigenvalue weighted by Gasteiger charge is 2.31. The van der Waals surface area contributed by atoms with Gasteiger partial charge < -0.3 is 5.11 Å². The van der Waals surface area contributed by atoms with Gasteiger partial charge in [0.05, 0.1) is 16.1 Å². The molecule has 0 atom stereocenters. The van der Waals surface area contributed by atoms with Crippen molar-refractivity contribution in [2.75, 3.05) is 0 Å². The van der Waals surface area contributed by atoms with E-state index in [9.17, 15) is 18.0 Å². The molecule has 0 fully saturated rings. The van der Waals surface area contributed by atoms with Crippen molar-refractivity contribution in [1.82, 2.24) is 4.98 Å². The molecule has 0 saturated carbocycles. The topological polar surface area (TPSA) is 50.2 Å². The highest BCUT2D eigenvalue weighted by molar-refractivity contribution is 6.35. The van der Waals surface area contributed by atoms with Gasteiger partial charge in [-0.1, -0.05) is 54.1 Å². The number of pyridine rings is 1. The molecule has 1 N–H and O–H groups in total. The number of halogens is 4. The third-order valence-electron chi connectivity index (χ3n) is 3.69. The summed E-state index contributed by atoms with van der Waals surface area (Å²) in [4.78, 5) is 15.2. The third-order valence-corrected chi connectivity index (χ3v) is 4.01. The number of hydrogen-bond donors (Lipinski definition) is 1. The fourth-order valence-electron chi connectivity index (χ4n) is 2.46. The first kappa shape index (κ1) is 17.9. The van der Waals surface area contributed by atoms with E-state index in [1.54, 1.807) is 30.3 Å². The smallest absolute Gasteiger partial charge is 0.416 e. The van der Waals surface area contributed by atoms with Crippen LogP contribution in [0.2, 0.25) is 5.02 Å². The molecule has 0 bridgehead atoms. The summed E-state index contributed by atoms with van der Waals surface area (Å²) in [6, 6.07) is 11.8. The Hall–Kier alpha value is -2.86. The predicted molar refractivity (Wildman–Crippen MR) is 94.1 cm³/mol. The summed E-state index contributed by atoms with van der Waals surface area (Å²) in [5, 5.41) is 9.07. The van der Waals surface area contributed by atoms with E-state index in [0.717, 1.165) is 23.8 Å². The Morgan fingerprint density at radius 2 is 1.77 bits per heavy atom. The van der Waals surface area contributed by atoms with Gasteiger partial charge in [-0.3, -0.25) is 0 Å². The van der Waals surface area contributed by atoms with E-state index in [0.29, 0.717) is 0 Å². The van der Waals surface area contributed by atoms with Crippen LogP contribution in [0, 0.1) is 0 Å². The largest absolute Gasteiger partial charge is 0.477 e. The van der Waals surface area contributed by atoms with Crippen molar-refractivity contribution in [2.45, 2.75) is 6.18 Å². The van der Waals surface area contributed by atoms with Crippen LogP contribution in [0.15, 0.2) is 48.5 Å². The van der Waals surface area contributed by atoms with Gasteiger partial charge in [0.2, 0.25) is 0 Å². The maximum Gasteiger partial charge on any atom is 0.416 e. The van der Waals surface area contributed by atoms with Crippen molar-refractivity contribution in [2.24, 2.45) is 0 Å². The summed E-state index contributed by atoms with van der Waals surface area (Å²) in [6.07, 6.45) is -1.49. The minimum absolute atomic E-state index is 0.0409. The number of aromatic carboxylic acids is 1. The van der Waals surface area contributed by atoms with E-state index < -0.39 is 17.7 Å². The van der Waals surface area contributed by atoms with E-state index in [1.807, 2.05) is 6.07 Å². The van der Waals surface area contributed by atoms with Gasteiger partial charge in [0, 0.05) is 10.9 Å². The number of nitrogens with zero attached hydrogens (tertiary/aromatic N) is 1. The third kappa shape index (κ3) is 3.70. The summed E-state index contributed by atoms with van der Waals surface area (Å²) < 4.78 is 39.6. The van der Waals surface area contributed by atoms with Crippen molar-refractivity contribution in [3.05, 3.63) is 75.9 Å². The van der Waals surface area contributed by atoms with Crippen LogP contribution in [0.5, 0.6) is 0 Å². The minimum atomic E-state index is -4.57. The minimum Gasteiger partial charge on any atom is -0.477 e. The zero-order valence-corrected chi connectivity index (χ0v) is 13.8. The van der Waals surface area contributed by atoms with Crippen LogP contribution in [0.3, 0.4) is 0 Å². The van der Waals surface area contributed by atoms with E-state index in [4.69, 9.17) is 16.7 Å². The van der Waals surface area contributed by atoms with Gasteiger partial charge in [-0.05, 0) is 23.8 Å². The SMILES string of the molecule is O=C(O)c1cc(Cl)c2cc(C(F)(F)F)cc(/C=C/c3ccccc3)c2n1. The lowest BCUT2D eigenvalue weighted by molar-refractivity contribution is -0.137.